The maximum atomic E-state index is 6.67. The van der Waals surface area contributed by atoms with Crippen molar-refractivity contribution in [3.05, 3.63) is 127 Å². The van der Waals surface area contributed by atoms with E-state index < -0.39 is 0 Å². The largest absolute Gasteiger partial charge is 0.456 e. The Morgan fingerprint density at radius 1 is 0.478 bits per heavy atom. The van der Waals surface area contributed by atoms with Crippen molar-refractivity contribution in [1.82, 2.24) is 14.5 Å². The third-order valence-electron chi connectivity index (χ3n) is 9.25. The average Bonchev–Trinajstić information content (AvgIpc) is 3.85. The average molecular weight is 608 g/mol. The lowest BCUT2D eigenvalue weighted by Gasteiger charge is -2.09. The van der Waals surface area contributed by atoms with Gasteiger partial charge in [-0.25, -0.2) is 4.98 Å². The Bertz CT molecular complexity index is 3000. The molecule has 0 amide bonds. The Labute approximate surface area is 264 Å². The molecule has 11 rings (SSSR count). The van der Waals surface area contributed by atoms with Crippen molar-refractivity contribution in [3.63, 3.8) is 0 Å². The van der Waals surface area contributed by atoms with E-state index in [-0.39, 0.29) is 0 Å². The van der Waals surface area contributed by atoms with Crippen LogP contribution in [0.3, 0.4) is 0 Å². The summed E-state index contributed by atoms with van der Waals surface area (Å²) in [5.41, 5.74) is 6.99. The topological polar surface area (TPSA) is 57.0 Å². The Morgan fingerprint density at radius 3 is 2.00 bits per heavy atom. The Kier molecular flexibility index (Phi) is 4.66. The van der Waals surface area contributed by atoms with Crippen LogP contribution in [0.25, 0.3) is 103 Å². The van der Waals surface area contributed by atoms with E-state index in [4.69, 9.17) is 18.8 Å². The van der Waals surface area contributed by atoms with E-state index in [2.05, 4.69) is 108 Å². The number of hydrogen-bond acceptors (Lipinski definition) is 5. The van der Waals surface area contributed by atoms with Gasteiger partial charge in [-0.2, -0.15) is 4.98 Å². The summed E-state index contributed by atoms with van der Waals surface area (Å²) in [7, 11) is 0. The van der Waals surface area contributed by atoms with E-state index in [9.17, 15) is 0 Å². The summed E-state index contributed by atoms with van der Waals surface area (Å²) in [4.78, 5) is 10.5. The summed E-state index contributed by atoms with van der Waals surface area (Å²) in [6.45, 7) is 0. The molecule has 46 heavy (non-hydrogen) atoms. The zero-order valence-electron chi connectivity index (χ0n) is 24.2. The summed E-state index contributed by atoms with van der Waals surface area (Å²) >= 11 is 1.80. The van der Waals surface area contributed by atoms with Crippen molar-refractivity contribution in [3.8, 4) is 17.2 Å². The van der Waals surface area contributed by atoms with Crippen molar-refractivity contribution < 1.29 is 8.83 Å². The lowest BCUT2D eigenvalue weighted by atomic mass is 10.0. The number of fused-ring (bicyclic) bond motifs is 12. The van der Waals surface area contributed by atoms with Gasteiger partial charge in [0.1, 0.15) is 16.7 Å². The van der Waals surface area contributed by atoms with Gasteiger partial charge < -0.3 is 8.83 Å². The van der Waals surface area contributed by atoms with Gasteiger partial charge in [0.25, 0.3) is 0 Å². The van der Waals surface area contributed by atoms with Gasteiger partial charge in [-0.1, -0.05) is 72.8 Å². The number of aromatic nitrogens is 3. The van der Waals surface area contributed by atoms with E-state index in [1.165, 1.54) is 20.2 Å². The van der Waals surface area contributed by atoms with Crippen molar-refractivity contribution >= 4 is 97.3 Å². The van der Waals surface area contributed by atoms with Crippen LogP contribution in [0.1, 0.15) is 0 Å². The quantitative estimate of drug-likeness (QED) is 0.196. The van der Waals surface area contributed by atoms with Crippen molar-refractivity contribution in [2.45, 2.75) is 0 Å². The highest BCUT2D eigenvalue weighted by atomic mass is 32.1. The van der Waals surface area contributed by atoms with Crippen LogP contribution in [0.5, 0.6) is 0 Å². The zero-order chi connectivity index (χ0) is 29.9. The number of rotatable bonds is 2. The highest BCUT2D eigenvalue weighted by molar-refractivity contribution is 7.25. The Hall–Kier alpha value is -5.98. The van der Waals surface area contributed by atoms with Crippen LogP contribution in [0, 0.1) is 0 Å². The lowest BCUT2D eigenvalue weighted by Crippen LogP contribution is -2.02. The highest BCUT2D eigenvalue weighted by Gasteiger charge is 2.22. The smallest absolute Gasteiger partial charge is 0.238 e. The number of benzene rings is 6. The van der Waals surface area contributed by atoms with Crippen molar-refractivity contribution in [2.24, 2.45) is 0 Å². The summed E-state index contributed by atoms with van der Waals surface area (Å²) in [6.07, 6.45) is 0. The van der Waals surface area contributed by atoms with Crippen LogP contribution in [0.4, 0.5) is 0 Å². The number of para-hydroxylation sites is 3. The van der Waals surface area contributed by atoms with Gasteiger partial charge in [-0.15, -0.1) is 11.3 Å². The van der Waals surface area contributed by atoms with E-state index in [0.717, 1.165) is 71.4 Å². The Morgan fingerprint density at radius 2 is 1.17 bits per heavy atom. The standard InChI is InChI=1S/C40H21N3O2S/c1-5-13-30-23(9-1)24-10-2-6-14-31(24)43(30)40-41-38(22-17-18-33-27(19-22)25-11-3-7-15-32(25)44-33)37-29-21-36-28(20-34(29)45-39(37)42-40)26-12-4-8-16-35(26)46-36/h1-21H. The first-order valence-electron chi connectivity index (χ1n) is 15.2. The van der Waals surface area contributed by atoms with Gasteiger partial charge >= 0.3 is 0 Å². The van der Waals surface area contributed by atoms with Crippen molar-refractivity contribution in [1.29, 1.82) is 0 Å². The molecule has 5 heterocycles. The minimum Gasteiger partial charge on any atom is -0.456 e. The monoisotopic (exact) mass is 607 g/mol. The molecule has 6 heteroatoms. The molecule has 0 bridgehead atoms. The summed E-state index contributed by atoms with van der Waals surface area (Å²) < 4.78 is 17.5. The fourth-order valence-corrected chi connectivity index (χ4v) is 8.33. The Balaban J connectivity index is 1.28. The molecule has 214 valence electrons. The minimum absolute atomic E-state index is 0.566. The third kappa shape index (κ3) is 3.23. The van der Waals surface area contributed by atoms with Crippen LogP contribution in [-0.4, -0.2) is 14.5 Å². The molecule has 0 aliphatic heterocycles. The minimum atomic E-state index is 0.566. The molecule has 5 nitrogen and oxygen atoms in total. The molecular formula is C40H21N3O2S. The second-order valence-electron chi connectivity index (χ2n) is 11.8. The maximum absolute atomic E-state index is 6.67. The predicted molar refractivity (Wildman–Crippen MR) is 189 cm³/mol. The molecule has 0 fully saturated rings. The summed E-state index contributed by atoms with van der Waals surface area (Å²) in [6, 6.07) is 44.3. The lowest BCUT2D eigenvalue weighted by molar-refractivity contribution is 0.652. The van der Waals surface area contributed by atoms with E-state index in [1.807, 2.05) is 24.3 Å². The number of furan rings is 2. The molecule has 0 saturated heterocycles. The molecule has 5 aromatic heterocycles. The van der Waals surface area contributed by atoms with Gasteiger partial charge in [0, 0.05) is 52.7 Å². The second kappa shape index (κ2) is 8.81. The maximum Gasteiger partial charge on any atom is 0.238 e. The van der Waals surface area contributed by atoms with Crippen molar-refractivity contribution in [2.75, 3.05) is 0 Å². The van der Waals surface area contributed by atoms with Crippen LogP contribution in [0.2, 0.25) is 0 Å². The van der Waals surface area contributed by atoms with Gasteiger partial charge in [-0.3, -0.25) is 4.57 Å². The highest BCUT2D eigenvalue weighted by Crippen LogP contribution is 2.43. The van der Waals surface area contributed by atoms with Gasteiger partial charge in [0.15, 0.2) is 0 Å². The SMILES string of the molecule is c1ccc2c(c1)oc1ccc(-c3nc(-n4c5ccccc5c5ccccc54)nc4oc5cc6c(cc5c34)sc3ccccc36)cc12. The van der Waals surface area contributed by atoms with Crippen LogP contribution in [-0.2, 0) is 0 Å². The second-order valence-corrected chi connectivity index (χ2v) is 12.9. The molecule has 11 aromatic rings. The van der Waals surface area contributed by atoms with Gasteiger partial charge in [-0.05, 0) is 54.6 Å². The molecule has 0 atom stereocenters. The van der Waals surface area contributed by atoms with E-state index >= 15 is 0 Å². The first-order chi connectivity index (χ1) is 22.8. The fraction of sp³-hybridized carbons (Fsp3) is 0. The van der Waals surface area contributed by atoms with Crippen LogP contribution in [0.15, 0.2) is 136 Å². The molecule has 0 aliphatic carbocycles. The van der Waals surface area contributed by atoms with Gasteiger partial charge in [0.05, 0.1) is 22.1 Å². The predicted octanol–water partition coefficient (Wildman–Crippen LogP) is 11.4. The molecule has 0 aliphatic rings. The molecule has 0 saturated carbocycles. The fourth-order valence-electron chi connectivity index (χ4n) is 7.20. The molecule has 0 spiro atoms. The molecule has 0 N–H and O–H groups in total. The summed E-state index contributed by atoms with van der Waals surface area (Å²) in [5, 5.41) is 8.79. The van der Waals surface area contributed by atoms with Crippen LogP contribution < -0.4 is 0 Å². The van der Waals surface area contributed by atoms with E-state index in [0.29, 0.717) is 11.7 Å². The molecule has 0 unspecified atom stereocenters. The molecule has 6 aromatic carbocycles. The van der Waals surface area contributed by atoms with Gasteiger partial charge in [0.2, 0.25) is 11.7 Å². The number of thiophene rings is 1. The zero-order valence-corrected chi connectivity index (χ0v) is 25.0. The normalized spacial score (nSPS) is 12.3. The van der Waals surface area contributed by atoms with E-state index in [1.54, 1.807) is 11.3 Å². The molecule has 0 radical (unpaired) electrons. The first kappa shape index (κ1) is 24.4. The summed E-state index contributed by atoms with van der Waals surface area (Å²) in [5.74, 6) is 0.573. The first-order valence-corrected chi connectivity index (χ1v) is 16.1. The van der Waals surface area contributed by atoms with Crippen LogP contribution >= 0.6 is 11.3 Å². The number of hydrogen-bond donors (Lipinski definition) is 0. The third-order valence-corrected chi connectivity index (χ3v) is 10.4. The molecular weight excluding hydrogens is 587 g/mol. The number of nitrogens with zero attached hydrogens (tertiary/aromatic N) is 3.